The molecule has 1 aliphatic carbocycles. The molecule has 0 bridgehead atoms. The summed E-state index contributed by atoms with van der Waals surface area (Å²) < 4.78 is 38.8. The van der Waals surface area contributed by atoms with Gasteiger partial charge in [0.15, 0.2) is 5.82 Å². The highest BCUT2D eigenvalue weighted by atomic mass is 19.4. The molecule has 8 heteroatoms. The number of hydrogen-bond acceptors (Lipinski definition) is 5. The number of aromatic nitrogens is 2. The van der Waals surface area contributed by atoms with Crippen molar-refractivity contribution in [3.63, 3.8) is 0 Å². The zero-order valence-electron chi connectivity index (χ0n) is 17.4. The van der Waals surface area contributed by atoms with E-state index < -0.39 is 17.5 Å². The lowest BCUT2D eigenvalue weighted by Crippen LogP contribution is -2.36. The third-order valence-electron chi connectivity index (χ3n) is 6.04. The first-order valence-corrected chi connectivity index (χ1v) is 10.3. The summed E-state index contributed by atoms with van der Waals surface area (Å²) in [4.78, 5) is 2.26. The SMILES string of the molecule is CN(C)C1CCC(Nc2nnc(-c3ccc(C(F)(F)F)cc3O)c3ccccc23)CC1. The van der Waals surface area contributed by atoms with Crippen LogP contribution in [0, 0.1) is 0 Å². The first-order valence-electron chi connectivity index (χ1n) is 10.3. The van der Waals surface area contributed by atoms with Crippen LogP contribution in [0.1, 0.15) is 31.2 Å². The summed E-state index contributed by atoms with van der Waals surface area (Å²) in [6.07, 6.45) is -0.259. The number of hydrogen-bond donors (Lipinski definition) is 2. The van der Waals surface area contributed by atoms with Gasteiger partial charge in [-0.2, -0.15) is 13.2 Å². The molecule has 0 amide bonds. The van der Waals surface area contributed by atoms with Crippen LogP contribution in [0.15, 0.2) is 42.5 Å². The van der Waals surface area contributed by atoms with E-state index in [0.717, 1.165) is 48.6 Å². The number of phenolic OH excluding ortho intramolecular Hbond substituents is 1. The van der Waals surface area contributed by atoms with Gasteiger partial charge in [-0.05, 0) is 58.0 Å². The number of benzene rings is 2. The second-order valence-electron chi connectivity index (χ2n) is 8.29. The molecule has 4 rings (SSSR count). The number of nitrogens with one attached hydrogen (secondary N) is 1. The van der Waals surface area contributed by atoms with E-state index in [9.17, 15) is 18.3 Å². The second-order valence-corrected chi connectivity index (χ2v) is 8.29. The van der Waals surface area contributed by atoms with Crippen molar-refractivity contribution in [1.82, 2.24) is 15.1 Å². The molecule has 0 radical (unpaired) electrons. The standard InChI is InChI=1S/C23H25F3N4O/c1-30(2)16-10-8-15(9-11-16)27-22-18-6-4-3-5-17(18)21(28-29-22)19-12-7-14(13-20(19)31)23(24,25)26/h3-7,12-13,15-16,31H,8-11H2,1-2H3,(H,27,29). The normalized spacial score (nSPS) is 19.7. The van der Waals surface area contributed by atoms with Crippen LogP contribution in [0.3, 0.4) is 0 Å². The monoisotopic (exact) mass is 430 g/mol. The van der Waals surface area contributed by atoms with Gasteiger partial charge in [-0.1, -0.05) is 24.3 Å². The Morgan fingerprint density at radius 2 is 1.65 bits per heavy atom. The summed E-state index contributed by atoms with van der Waals surface area (Å²) in [5.41, 5.74) is -0.337. The maximum atomic E-state index is 12.9. The number of anilines is 1. The second kappa shape index (κ2) is 8.34. The molecule has 164 valence electrons. The van der Waals surface area contributed by atoms with E-state index in [4.69, 9.17) is 0 Å². The van der Waals surface area contributed by atoms with Gasteiger partial charge in [0.05, 0.1) is 5.56 Å². The van der Waals surface area contributed by atoms with Crippen LogP contribution in [0.5, 0.6) is 5.75 Å². The Hall–Kier alpha value is -2.87. The van der Waals surface area contributed by atoms with Crippen molar-refractivity contribution in [3.05, 3.63) is 48.0 Å². The van der Waals surface area contributed by atoms with Gasteiger partial charge in [0, 0.05) is 28.4 Å². The topological polar surface area (TPSA) is 61.3 Å². The molecule has 1 fully saturated rings. The first kappa shape index (κ1) is 21.4. The van der Waals surface area contributed by atoms with Crippen molar-refractivity contribution in [1.29, 1.82) is 0 Å². The van der Waals surface area contributed by atoms with Gasteiger partial charge < -0.3 is 15.3 Å². The number of rotatable bonds is 4. The van der Waals surface area contributed by atoms with E-state index in [0.29, 0.717) is 23.6 Å². The predicted octanol–water partition coefficient (Wildman–Crippen LogP) is 5.31. The van der Waals surface area contributed by atoms with Crippen molar-refractivity contribution in [2.24, 2.45) is 0 Å². The van der Waals surface area contributed by atoms with Gasteiger partial charge in [0.1, 0.15) is 11.4 Å². The van der Waals surface area contributed by atoms with Crippen molar-refractivity contribution >= 4 is 16.6 Å². The van der Waals surface area contributed by atoms with Crippen molar-refractivity contribution in [2.75, 3.05) is 19.4 Å². The molecule has 0 spiro atoms. The van der Waals surface area contributed by atoms with Gasteiger partial charge in [-0.3, -0.25) is 0 Å². The molecule has 0 unspecified atom stereocenters. The molecule has 2 aromatic carbocycles. The molecule has 0 atom stereocenters. The minimum absolute atomic E-state index is 0.217. The highest BCUT2D eigenvalue weighted by Crippen LogP contribution is 2.39. The summed E-state index contributed by atoms with van der Waals surface area (Å²) in [5.74, 6) is 0.177. The lowest BCUT2D eigenvalue weighted by atomic mass is 9.90. The lowest BCUT2D eigenvalue weighted by Gasteiger charge is -2.33. The van der Waals surface area contributed by atoms with Crippen LogP contribution in [-0.2, 0) is 6.18 Å². The summed E-state index contributed by atoms with van der Waals surface area (Å²) in [5, 5.41) is 23.9. The van der Waals surface area contributed by atoms with E-state index in [1.165, 1.54) is 6.07 Å². The minimum Gasteiger partial charge on any atom is -0.507 e. The summed E-state index contributed by atoms with van der Waals surface area (Å²) in [7, 11) is 4.21. The van der Waals surface area contributed by atoms with E-state index >= 15 is 0 Å². The summed E-state index contributed by atoms with van der Waals surface area (Å²) in [6, 6.07) is 11.2. The van der Waals surface area contributed by atoms with Crippen molar-refractivity contribution < 1.29 is 18.3 Å². The van der Waals surface area contributed by atoms with Crippen LogP contribution in [0.2, 0.25) is 0 Å². The van der Waals surface area contributed by atoms with E-state index in [1.54, 1.807) is 0 Å². The number of halogens is 3. The maximum absolute atomic E-state index is 12.9. The molecule has 1 heterocycles. The van der Waals surface area contributed by atoms with Gasteiger partial charge in [-0.25, -0.2) is 0 Å². The van der Waals surface area contributed by atoms with Gasteiger partial charge in [0.25, 0.3) is 0 Å². The lowest BCUT2D eigenvalue weighted by molar-refractivity contribution is -0.137. The number of nitrogens with zero attached hydrogens (tertiary/aromatic N) is 3. The van der Waals surface area contributed by atoms with Crippen LogP contribution in [0.25, 0.3) is 22.0 Å². The Kier molecular flexibility index (Phi) is 5.75. The highest BCUT2D eigenvalue weighted by molar-refractivity contribution is 6.00. The van der Waals surface area contributed by atoms with Crippen LogP contribution in [0.4, 0.5) is 19.0 Å². The molecule has 2 N–H and O–H groups in total. The molecule has 0 aliphatic heterocycles. The summed E-state index contributed by atoms with van der Waals surface area (Å²) in [6.45, 7) is 0. The Balaban J connectivity index is 1.65. The molecule has 31 heavy (non-hydrogen) atoms. The molecule has 0 saturated heterocycles. The largest absolute Gasteiger partial charge is 0.507 e. The average molecular weight is 430 g/mol. The average Bonchev–Trinajstić information content (AvgIpc) is 2.74. The fraction of sp³-hybridized carbons (Fsp3) is 0.391. The Bertz CT molecular complexity index is 1080. The van der Waals surface area contributed by atoms with Gasteiger partial charge in [-0.15, -0.1) is 10.2 Å². The highest BCUT2D eigenvalue weighted by Gasteiger charge is 2.31. The molecule has 1 aromatic heterocycles. The minimum atomic E-state index is -4.52. The zero-order valence-corrected chi connectivity index (χ0v) is 17.4. The Morgan fingerprint density at radius 1 is 0.968 bits per heavy atom. The Labute approximate surface area is 178 Å². The van der Waals surface area contributed by atoms with E-state index in [2.05, 4.69) is 34.5 Å². The molecule has 3 aromatic rings. The molecular formula is C23H25F3N4O. The fourth-order valence-electron chi connectivity index (χ4n) is 4.25. The van der Waals surface area contributed by atoms with Gasteiger partial charge >= 0.3 is 6.18 Å². The van der Waals surface area contributed by atoms with Crippen molar-refractivity contribution in [2.45, 2.75) is 43.9 Å². The smallest absolute Gasteiger partial charge is 0.416 e. The molecule has 1 saturated carbocycles. The fourth-order valence-corrected chi connectivity index (χ4v) is 4.25. The quantitative estimate of drug-likeness (QED) is 0.588. The van der Waals surface area contributed by atoms with Crippen LogP contribution >= 0.6 is 0 Å². The number of alkyl halides is 3. The van der Waals surface area contributed by atoms with Crippen LogP contribution < -0.4 is 5.32 Å². The zero-order chi connectivity index (χ0) is 22.2. The molecule has 5 nitrogen and oxygen atoms in total. The number of phenols is 1. The third kappa shape index (κ3) is 4.44. The summed E-state index contributed by atoms with van der Waals surface area (Å²) >= 11 is 0. The Morgan fingerprint density at radius 3 is 2.26 bits per heavy atom. The predicted molar refractivity (Wildman–Crippen MR) is 115 cm³/mol. The maximum Gasteiger partial charge on any atom is 0.416 e. The molecular weight excluding hydrogens is 405 g/mol. The van der Waals surface area contributed by atoms with E-state index in [-0.39, 0.29) is 5.56 Å². The van der Waals surface area contributed by atoms with Crippen LogP contribution in [-0.4, -0.2) is 46.4 Å². The number of aromatic hydroxyl groups is 1. The van der Waals surface area contributed by atoms with E-state index in [1.807, 2.05) is 24.3 Å². The van der Waals surface area contributed by atoms with Gasteiger partial charge in [0.2, 0.25) is 0 Å². The number of fused-ring (bicyclic) bond motifs is 1. The van der Waals surface area contributed by atoms with Crippen molar-refractivity contribution in [3.8, 4) is 17.0 Å². The third-order valence-corrected chi connectivity index (χ3v) is 6.04. The first-order chi connectivity index (χ1) is 14.7. The molecule has 1 aliphatic rings.